The normalized spacial score (nSPS) is 18.8. The van der Waals surface area contributed by atoms with Crippen LogP contribution < -0.4 is 10.1 Å². The molecule has 2 aromatic rings. The number of nitrogens with zero attached hydrogens (tertiary/aromatic N) is 2. The second kappa shape index (κ2) is 12.2. The first kappa shape index (κ1) is 23.8. The summed E-state index contributed by atoms with van der Waals surface area (Å²) in [7, 11) is 3.81. The SMILES string of the molecule is CN=C(NCC1CCOC1c1ccccc1)N(C)CCOc1cccc(Cl)c1.I. The summed E-state index contributed by atoms with van der Waals surface area (Å²) in [6.45, 7) is 2.89. The van der Waals surface area contributed by atoms with Gasteiger partial charge in [0.25, 0.3) is 0 Å². The van der Waals surface area contributed by atoms with Crippen LogP contribution in [-0.2, 0) is 4.74 Å². The molecule has 158 valence electrons. The van der Waals surface area contributed by atoms with Gasteiger partial charge in [-0.3, -0.25) is 4.99 Å². The lowest BCUT2D eigenvalue weighted by molar-refractivity contribution is 0.0913. The summed E-state index contributed by atoms with van der Waals surface area (Å²) in [4.78, 5) is 6.47. The molecule has 0 bridgehead atoms. The molecule has 0 saturated carbocycles. The molecule has 1 fully saturated rings. The van der Waals surface area contributed by atoms with Crippen molar-refractivity contribution in [2.24, 2.45) is 10.9 Å². The molecular weight excluding hydrogens is 501 g/mol. The summed E-state index contributed by atoms with van der Waals surface area (Å²) >= 11 is 5.99. The van der Waals surface area contributed by atoms with Crippen LogP contribution in [0.1, 0.15) is 18.1 Å². The van der Waals surface area contributed by atoms with E-state index in [-0.39, 0.29) is 30.1 Å². The minimum absolute atomic E-state index is 0. The van der Waals surface area contributed by atoms with E-state index in [1.807, 2.05) is 37.4 Å². The lowest BCUT2D eigenvalue weighted by Crippen LogP contribution is -2.43. The minimum atomic E-state index is 0. The maximum absolute atomic E-state index is 5.99. The van der Waals surface area contributed by atoms with Gasteiger partial charge in [-0.15, -0.1) is 24.0 Å². The van der Waals surface area contributed by atoms with Crippen LogP contribution in [0.15, 0.2) is 59.6 Å². The summed E-state index contributed by atoms with van der Waals surface area (Å²) < 4.78 is 11.8. The largest absolute Gasteiger partial charge is 0.492 e. The first-order valence-corrected chi connectivity index (χ1v) is 10.0. The van der Waals surface area contributed by atoms with Crippen molar-refractivity contribution in [3.8, 4) is 5.75 Å². The van der Waals surface area contributed by atoms with Gasteiger partial charge in [-0.25, -0.2) is 0 Å². The van der Waals surface area contributed by atoms with Gasteiger partial charge in [-0.05, 0) is 30.2 Å². The number of halogens is 2. The molecule has 29 heavy (non-hydrogen) atoms. The number of rotatable bonds is 7. The number of ether oxygens (including phenoxy) is 2. The molecule has 3 rings (SSSR count). The minimum Gasteiger partial charge on any atom is -0.492 e. The van der Waals surface area contributed by atoms with Crippen molar-refractivity contribution in [3.63, 3.8) is 0 Å². The molecule has 0 radical (unpaired) electrons. The van der Waals surface area contributed by atoms with E-state index in [1.54, 1.807) is 7.05 Å². The van der Waals surface area contributed by atoms with Crippen LogP contribution in [0.4, 0.5) is 0 Å². The molecule has 1 N–H and O–H groups in total. The summed E-state index contributed by atoms with van der Waals surface area (Å²) in [6.07, 6.45) is 1.19. The molecule has 0 aliphatic carbocycles. The van der Waals surface area contributed by atoms with E-state index in [0.29, 0.717) is 17.5 Å². The molecule has 2 aromatic carbocycles. The average Bonchev–Trinajstić information content (AvgIpc) is 3.18. The number of benzene rings is 2. The second-order valence-electron chi connectivity index (χ2n) is 6.91. The van der Waals surface area contributed by atoms with Crippen molar-refractivity contribution in [1.82, 2.24) is 10.2 Å². The molecular formula is C22H29ClIN3O2. The maximum atomic E-state index is 5.99. The van der Waals surface area contributed by atoms with Gasteiger partial charge in [0.2, 0.25) is 0 Å². The highest BCUT2D eigenvalue weighted by atomic mass is 127. The highest BCUT2D eigenvalue weighted by Gasteiger charge is 2.29. The van der Waals surface area contributed by atoms with Crippen LogP contribution in [0, 0.1) is 5.92 Å². The Hall–Kier alpha value is -1.51. The third-order valence-electron chi connectivity index (χ3n) is 4.93. The Morgan fingerprint density at radius 2 is 2.03 bits per heavy atom. The highest BCUT2D eigenvalue weighted by Crippen LogP contribution is 2.33. The predicted octanol–water partition coefficient (Wildman–Crippen LogP) is 4.62. The standard InChI is InChI=1S/C22H28ClN3O2.HI/c1-24-22(26(2)12-14-27-20-10-6-9-19(23)15-20)25-16-18-11-13-28-21(18)17-7-4-3-5-8-17;/h3-10,15,18,21H,11-14,16H2,1-2H3,(H,24,25);1H. The van der Waals surface area contributed by atoms with Gasteiger partial charge >= 0.3 is 0 Å². The van der Waals surface area contributed by atoms with E-state index in [2.05, 4.69) is 39.5 Å². The van der Waals surface area contributed by atoms with Crippen LogP contribution in [0.3, 0.4) is 0 Å². The van der Waals surface area contributed by atoms with Gasteiger partial charge in [-0.1, -0.05) is 48.0 Å². The fourth-order valence-electron chi connectivity index (χ4n) is 3.42. The van der Waals surface area contributed by atoms with Gasteiger partial charge in [-0.2, -0.15) is 0 Å². The summed E-state index contributed by atoms with van der Waals surface area (Å²) in [5.41, 5.74) is 1.24. The average molecular weight is 530 g/mol. The molecule has 1 aliphatic rings. The van der Waals surface area contributed by atoms with Crippen molar-refractivity contribution < 1.29 is 9.47 Å². The van der Waals surface area contributed by atoms with Crippen molar-refractivity contribution in [2.75, 3.05) is 40.4 Å². The molecule has 0 amide bonds. The van der Waals surface area contributed by atoms with E-state index in [1.165, 1.54) is 5.56 Å². The van der Waals surface area contributed by atoms with Crippen LogP contribution in [0.5, 0.6) is 5.75 Å². The quantitative estimate of drug-likeness (QED) is 0.323. The summed E-state index contributed by atoms with van der Waals surface area (Å²) in [5.74, 6) is 2.06. The van der Waals surface area contributed by atoms with Gasteiger partial charge in [0.15, 0.2) is 5.96 Å². The predicted molar refractivity (Wildman–Crippen MR) is 130 cm³/mol. The van der Waals surface area contributed by atoms with Gasteiger partial charge in [0.05, 0.1) is 12.6 Å². The zero-order valence-corrected chi connectivity index (χ0v) is 20.0. The molecule has 1 heterocycles. The van der Waals surface area contributed by atoms with Crippen molar-refractivity contribution in [3.05, 3.63) is 65.2 Å². The molecule has 7 heteroatoms. The number of hydrogen-bond acceptors (Lipinski definition) is 3. The first-order chi connectivity index (χ1) is 13.7. The van der Waals surface area contributed by atoms with E-state index < -0.39 is 0 Å². The van der Waals surface area contributed by atoms with E-state index in [9.17, 15) is 0 Å². The fraction of sp³-hybridized carbons (Fsp3) is 0.409. The monoisotopic (exact) mass is 529 g/mol. The topological polar surface area (TPSA) is 46.1 Å². The smallest absolute Gasteiger partial charge is 0.193 e. The van der Waals surface area contributed by atoms with Crippen molar-refractivity contribution >= 4 is 41.5 Å². The van der Waals surface area contributed by atoms with Crippen LogP contribution in [-0.4, -0.2) is 51.3 Å². The Bertz CT molecular complexity index is 776. The number of nitrogens with one attached hydrogen (secondary N) is 1. The first-order valence-electron chi connectivity index (χ1n) is 9.64. The molecule has 0 aromatic heterocycles. The number of aliphatic imine (C=N–C) groups is 1. The number of hydrogen-bond donors (Lipinski definition) is 1. The molecule has 2 atom stereocenters. The zero-order chi connectivity index (χ0) is 19.8. The molecule has 5 nitrogen and oxygen atoms in total. The van der Waals surface area contributed by atoms with Crippen LogP contribution in [0.25, 0.3) is 0 Å². The Morgan fingerprint density at radius 3 is 2.76 bits per heavy atom. The third-order valence-corrected chi connectivity index (χ3v) is 5.16. The Morgan fingerprint density at radius 1 is 1.24 bits per heavy atom. The zero-order valence-electron chi connectivity index (χ0n) is 16.9. The fourth-order valence-corrected chi connectivity index (χ4v) is 3.60. The Balaban J connectivity index is 0.00000300. The summed E-state index contributed by atoms with van der Waals surface area (Å²) in [6, 6.07) is 17.9. The second-order valence-corrected chi connectivity index (χ2v) is 7.34. The maximum Gasteiger partial charge on any atom is 0.193 e. The third kappa shape index (κ3) is 7.04. The van der Waals surface area contributed by atoms with Crippen LogP contribution >= 0.6 is 35.6 Å². The van der Waals surface area contributed by atoms with E-state index in [0.717, 1.165) is 37.8 Å². The lowest BCUT2D eigenvalue weighted by Gasteiger charge is -2.25. The lowest BCUT2D eigenvalue weighted by atomic mass is 9.95. The van der Waals surface area contributed by atoms with Gasteiger partial charge < -0.3 is 19.7 Å². The Labute approximate surface area is 195 Å². The Kier molecular flexibility index (Phi) is 10.0. The summed E-state index contributed by atoms with van der Waals surface area (Å²) in [5, 5.41) is 4.16. The molecule has 0 spiro atoms. The molecule has 1 aliphatic heterocycles. The molecule has 1 saturated heterocycles. The van der Waals surface area contributed by atoms with Gasteiger partial charge in [0.1, 0.15) is 12.4 Å². The molecule has 2 unspecified atom stereocenters. The van der Waals surface area contributed by atoms with Crippen molar-refractivity contribution in [1.29, 1.82) is 0 Å². The highest BCUT2D eigenvalue weighted by molar-refractivity contribution is 14.0. The van der Waals surface area contributed by atoms with E-state index in [4.69, 9.17) is 21.1 Å². The number of guanidine groups is 1. The van der Waals surface area contributed by atoms with Gasteiger partial charge in [0, 0.05) is 38.2 Å². The van der Waals surface area contributed by atoms with E-state index >= 15 is 0 Å². The van der Waals surface area contributed by atoms with Crippen molar-refractivity contribution in [2.45, 2.75) is 12.5 Å². The number of likely N-dealkylation sites (N-methyl/N-ethyl adjacent to an activating group) is 1. The van der Waals surface area contributed by atoms with Crippen LogP contribution in [0.2, 0.25) is 5.02 Å².